The number of hydrogen-bond acceptors (Lipinski definition) is 8. The van der Waals surface area contributed by atoms with Crippen LogP contribution in [0, 0.1) is 5.41 Å². The van der Waals surface area contributed by atoms with Crippen LogP contribution in [0.3, 0.4) is 0 Å². The number of carboxylic acids is 3. The largest absolute Gasteiger partial charge is 0.480 e. The fraction of sp³-hybridized carbons (Fsp3) is 0.765. The molecular formula is C17H39N7O6Se. The summed E-state index contributed by atoms with van der Waals surface area (Å²) in [5, 5.41) is 35.4. The van der Waals surface area contributed by atoms with Gasteiger partial charge in [0.15, 0.2) is 5.96 Å². The number of nitrogens with one attached hydrogen (secondary N) is 2. The first-order valence-electron chi connectivity index (χ1n) is 9.62. The molecule has 0 aliphatic carbocycles. The van der Waals surface area contributed by atoms with Gasteiger partial charge in [-0.2, -0.15) is 0 Å². The predicted molar refractivity (Wildman–Crippen MR) is 120 cm³/mol. The Kier molecular flexibility index (Phi) is 24.7. The minimum Gasteiger partial charge on any atom is -0.480 e. The molecule has 0 saturated heterocycles. The van der Waals surface area contributed by atoms with Crippen molar-refractivity contribution in [2.24, 2.45) is 28.7 Å². The zero-order chi connectivity index (χ0) is 24.8. The number of rotatable bonds is 14. The first-order valence-corrected chi connectivity index (χ1v) is 12.5. The van der Waals surface area contributed by atoms with Gasteiger partial charge in [-0.25, -0.2) is 0 Å². The van der Waals surface area contributed by atoms with Crippen molar-refractivity contribution in [2.75, 3.05) is 13.1 Å². The Morgan fingerprint density at radius 2 is 1.29 bits per heavy atom. The van der Waals surface area contributed by atoms with E-state index in [2.05, 4.69) is 11.1 Å². The molecule has 0 rings (SSSR count). The minimum atomic E-state index is -0.973. The number of carboxylic acid groups (broad SMARTS) is 3. The van der Waals surface area contributed by atoms with E-state index in [0.29, 0.717) is 60.2 Å². The van der Waals surface area contributed by atoms with Gasteiger partial charge in [0.1, 0.15) is 12.1 Å². The van der Waals surface area contributed by atoms with Crippen LogP contribution in [0.15, 0.2) is 0 Å². The predicted octanol–water partition coefficient (Wildman–Crippen LogP) is -1.85. The molecule has 184 valence electrons. The van der Waals surface area contributed by atoms with Crippen molar-refractivity contribution in [3.8, 4) is 0 Å². The molecule has 15 N–H and O–H groups in total. The minimum absolute atomic E-state index is 0.0671. The topological polar surface area (TPSA) is 278 Å². The number of nitrogens with two attached hydrogens (primary N) is 5. The molecule has 0 aliphatic rings. The molecule has 0 fully saturated rings. The summed E-state index contributed by atoms with van der Waals surface area (Å²) < 4.78 is 0. The summed E-state index contributed by atoms with van der Waals surface area (Å²) in [7, 11) is 0. The SMILES string of the molecule is C[Se]CCC(N)C(=O)O.N=C(N)NCCCCC(N)C(=O)O.NCCCC(N)C(=O)O. The summed E-state index contributed by atoms with van der Waals surface area (Å²) in [5.41, 5.74) is 25.8. The van der Waals surface area contributed by atoms with E-state index in [9.17, 15) is 14.4 Å². The maximum Gasteiger partial charge on any atom is 0.320 e. The maximum atomic E-state index is 10.3. The van der Waals surface area contributed by atoms with Gasteiger partial charge >= 0.3 is 72.1 Å². The molecule has 0 saturated carbocycles. The van der Waals surface area contributed by atoms with Gasteiger partial charge in [0.2, 0.25) is 0 Å². The summed E-state index contributed by atoms with van der Waals surface area (Å²) in [6.45, 7) is 1.09. The zero-order valence-electron chi connectivity index (χ0n) is 18.0. The van der Waals surface area contributed by atoms with Gasteiger partial charge in [0.05, 0.1) is 0 Å². The molecule has 3 atom stereocenters. The summed E-state index contributed by atoms with van der Waals surface area (Å²) in [6, 6.07) is -2.17. The number of aliphatic carboxylic acids is 3. The number of guanidine groups is 1. The van der Waals surface area contributed by atoms with Gasteiger partial charge in [-0.1, -0.05) is 0 Å². The second kappa shape index (κ2) is 22.7. The van der Waals surface area contributed by atoms with E-state index in [4.69, 9.17) is 49.4 Å². The Balaban J connectivity index is -0.000000390. The van der Waals surface area contributed by atoms with Crippen molar-refractivity contribution in [3.63, 3.8) is 0 Å². The smallest absolute Gasteiger partial charge is 0.320 e. The Morgan fingerprint density at radius 1 is 0.871 bits per heavy atom. The molecule has 14 heteroatoms. The summed E-state index contributed by atoms with van der Waals surface area (Å²) in [5.74, 6) is -0.813. The summed E-state index contributed by atoms with van der Waals surface area (Å²) in [4.78, 5) is 30.4. The van der Waals surface area contributed by atoms with E-state index in [1.54, 1.807) is 0 Å². The molecule has 0 aromatic heterocycles. The van der Waals surface area contributed by atoms with E-state index in [1.807, 2.05) is 0 Å². The Labute approximate surface area is 189 Å². The third kappa shape index (κ3) is 28.0. The fourth-order valence-electron chi connectivity index (χ4n) is 1.67. The zero-order valence-corrected chi connectivity index (χ0v) is 19.7. The number of unbranched alkanes of at least 4 members (excludes halogenated alkanes) is 1. The van der Waals surface area contributed by atoms with Crippen molar-refractivity contribution >= 4 is 38.8 Å². The molecule has 0 amide bonds. The third-order valence-corrected chi connectivity index (χ3v) is 4.91. The second-order valence-electron chi connectivity index (χ2n) is 6.38. The third-order valence-electron chi connectivity index (χ3n) is 3.56. The van der Waals surface area contributed by atoms with Crippen molar-refractivity contribution in [1.29, 1.82) is 5.41 Å². The first-order chi connectivity index (χ1) is 14.4. The number of carbonyl (C=O) groups is 3. The van der Waals surface area contributed by atoms with Crippen LogP contribution in [0.2, 0.25) is 11.1 Å². The second-order valence-corrected chi connectivity index (χ2v) is 8.45. The van der Waals surface area contributed by atoms with Gasteiger partial charge in [0, 0.05) is 6.54 Å². The van der Waals surface area contributed by atoms with Crippen LogP contribution in [0.4, 0.5) is 0 Å². The van der Waals surface area contributed by atoms with Crippen LogP contribution in [0.25, 0.3) is 0 Å². The first kappa shape index (κ1) is 33.7. The van der Waals surface area contributed by atoms with E-state index >= 15 is 0 Å². The van der Waals surface area contributed by atoms with Crippen molar-refractivity contribution in [3.05, 3.63) is 0 Å². The normalized spacial score (nSPS) is 12.7. The quantitative estimate of drug-likeness (QED) is 0.0527. The van der Waals surface area contributed by atoms with Crippen LogP contribution >= 0.6 is 0 Å². The molecule has 0 aromatic carbocycles. The van der Waals surface area contributed by atoms with Crippen molar-refractivity contribution < 1.29 is 29.7 Å². The maximum absolute atomic E-state index is 10.3. The van der Waals surface area contributed by atoms with Crippen LogP contribution in [-0.2, 0) is 14.4 Å². The number of hydrogen-bond donors (Lipinski definition) is 10. The van der Waals surface area contributed by atoms with E-state index < -0.39 is 36.0 Å². The average Bonchev–Trinajstić information content (AvgIpc) is 2.70. The Morgan fingerprint density at radius 3 is 1.65 bits per heavy atom. The molecule has 0 radical (unpaired) electrons. The standard InChI is InChI=1S/C7H16N4O2.C5H12N2O2.C5H11NO2Se/c8-5(6(12)13)3-1-2-4-11-7(9)10;6-3-1-2-4(7)5(8)9;1-9-3-2-4(6)5(7)8/h5H,1-4,8H2,(H,12,13)(H4,9,10,11);4H,1-3,6-7H2,(H,8,9);4H,2-3,6H2,1H3,(H,7,8). The van der Waals surface area contributed by atoms with Crippen LogP contribution in [0.1, 0.15) is 38.5 Å². The molecule has 31 heavy (non-hydrogen) atoms. The molecule has 0 spiro atoms. The Hall–Kier alpha value is -1.96. The molecule has 13 nitrogen and oxygen atoms in total. The average molecular weight is 517 g/mol. The fourth-order valence-corrected chi connectivity index (χ4v) is 2.69. The molecule has 0 aliphatic heterocycles. The van der Waals surface area contributed by atoms with Gasteiger partial charge in [0.25, 0.3) is 0 Å². The molecule has 0 bridgehead atoms. The van der Waals surface area contributed by atoms with Crippen molar-refractivity contribution in [2.45, 2.75) is 67.8 Å². The molecule has 3 unspecified atom stereocenters. The molecule has 0 heterocycles. The van der Waals surface area contributed by atoms with Gasteiger partial charge in [-0.15, -0.1) is 0 Å². The van der Waals surface area contributed by atoms with Gasteiger partial charge < -0.3 is 38.5 Å². The van der Waals surface area contributed by atoms with Gasteiger partial charge in [-0.05, 0) is 38.6 Å². The molecule has 0 aromatic rings. The Bertz CT molecular complexity index is 489. The van der Waals surface area contributed by atoms with E-state index in [1.165, 1.54) is 0 Å². The van der Waals surface area contributed by atoms with Crippen LogP contribution < -0.4 is 34.0 Å². The summed E-state index contributed by atoms with van der Waals surface area (Å²) in [6.07, 6.45) is 3.69. The van der Waals surface area contributed by atoms with Crippen LogP contribution in [-0.4, -0.2) is 85.4 Å². The summed E-state index contributed by atoms with van der Waals surface area (Å²) >= 11 is 0.549. The van der Waals surface area contributed by atoms with Gasteiger partial charge in [-0.3, -0.25) is 15.0 Å². The van der Waals surface area contributed by atoms with E-state index in [-0.39, 0.29) is 5.96 Å². The van der Waals surface area contributed by atoms with Crippen molar-refractivity contribution in [1.82, 2.24) is 5.32 Å². The monoisotopic (exact) mass is 517 g/mol. The van der Waals surface area contributed by atoms with E-state index in [0.717, 1.165) is 11.7 Å². The van der Waals surface area contributed by atoms with Crippen LogP contribution in [0.5, 0.6) is 0 Å². The molecular weight excluding hydrogens is 477 g/mol.